The quantitative estimate of drug-likeness (QED) is 0.335. The van der Waals surface area contributed by atoms with Crippen molar-refractivity contribution in [1.82, 2.24) is 9.80 Å². The molecule has 3 aromatic rings. The Hall–Kier alpha value is -3.76. The first-order valence-electron chi connectivity index (χ1n) is 13.7. The highest BCUT2D eigenvalue weighted by molar-refractivity contribution is 7.10. The SMILES string of the molecule is COc1cc(O)ccc1[C@H]1C2=CC[C@@H]3C(=O)N(Cc4cccs4)C(=O)[C@@H]3[C@@H]2C[C@H]2C(=O)N(Cc3cccs3)C(=O)[C@@H]12. The van der Waals surface area contributed by atoms with E-state index in [1.807, 2.05) is 41.1 Å². The van der Waals surface area contributed by atoms with Crippen LogP contribution in [-0.4, -0.2) is 45.6 Å². The van der Waals surface area contributed by atoms with Crippen LogP contribution in [0, 0.1) is 29.6 Å². The molecule has 0 unspecified atom stereocenters. The maximum Gasteiger partial charge on any atom is 0.234 e. The number of hydrogen-bond acceptors (Lipinski definition) is 8. The molecule has 0 radical (unpaired) electrons. The first kappa shape index (κ1) is 26.2. The average Bonchev–Trinajstić information content (AvgIpc) is 3.77. The summed E-state index contributed by atoms with van der Waals surface area (Å²) in [5.41, 5.74) is 1.61. The number of rotatable bonds is 6. The first-order valence-corrected chi connectivity index (χ1v) is 15.4. The Balaban J connectivity index is 1.31. The van der Waals surface area contributed by atoms with Gasteiger partial charge < -0.3 is 9.84 Å². The van der Waals surface area contributed by atoms with Crippen molar-refractivity contribution in [2.75, 3.05) is 7.11 Å². The number of carbonyl (C=O) groups is 4. The zero-order valence-corrected chi connectivity index (χ0v) is 23.9. The summed E-state index contributed by atoms with van der Waals surface area (Å²) >= 11 is 3.00. The Kier molecular flexibility index (Phi) is 6.35. The maximum atomic E-state index is 14.0. The lowest BCUT2D eigenvalue weighted by Crippen LogP contribution is -2.43. The number of hydrogen-bond donors (Lipinski definition) is 1. The third-order valence-electron chi connectivity index (χ3n) is 9.17. The van der Waals surface area contributed by atoms with Gasteiger partial charge in [0.2, 0.25) is 23.6 Å². The van der Waals surface area contributed by atoms with Crippen molar-refractivity contribution >= 4 is 46.3 Å². The molecule has 41 heavy (non-hydrogen) atoms. The molecule has 2 aliphatic carbocycles. The van der Waals surface area contributed by atoms with Crippen LogP contribution in [0.1, 0.15) is 34.1 Å². The number of amides is 4. The van der Waals surface area contributed by atoms with Crippen molar-refractivity contribution in [3.8, 4) is 11.5 Å². The zero-order valence-electron chi connectivity index (χ0n) is 22.3. The number of ether oxygens (including phenoxy) is 1. The van der Waals surface area contributed by atoms with E-state index in [0.717, 1.165) is 15.3 Å². The molecule has 8 nitrogen and oxygen atoms in total. The molecule has 0 spiro atoms. The van der Waals surface area contributed by atoms with Gasteiger partial charge in [-0.25, -0.2) is 0 Å². The normalized spacial score (nSPS) is 29.0. The summed E-state index contributed by atoms with van der Waals surface area (Å²) in [5, 5.41) is 14.0. The summed E-state index contributed by atoms with van der Waals surface area (Å²) in [5.74, 6) is -3.61. The van der Waals surface area contributed by atoms with E-state index < -0.39 is 29.6 Å². The standard InChI is InChI=1S/C31H28N2O6S2/c1-39-24-12-16(34)6-7-20(24)25-19-8-9-21-26(30(37)32(28(21)35)14-17-4-2-10-40-17)22(19)13-23-27(25)31(38)33(29(23)36)15-18-5-3-11-41-18/h2-8,10-12,21-23,25-27,34H,9,13-15H2,1H3/t21-,22+,23+,25+,26-,27+/m0/s1. The van der Waals surface area contributed by atoms with E-state index in [4.69, 9.17) is 4.74 Å². The predicted octanol–water partition coefficient (Wildman–Crippen LogP) is 4.56. The first-order chi connectivity index (χ1) is 19.9. The second-order valence-electron chi connectivity index (χ2n) is 11.1. The van der Waals surface area contributed by atoms with Gasteiger partial charge in [0.05, 0.1) is 43.9 Å². The number of allylic oxidation sites excluding steroid dienone is 2. The summed E-state index contributed by atoms with van der Waals surface area (Å²) < 4.78 is 5.66. The summed E-state index contributed by atoms with van der Waals surface area (Å²) in [6.07, 6.45) is 2.77. The van der Waals surface area contributed by atoms with Crippen LogP contribution in [0.25, 0.3) is 0 Å². The van der Waals surface area contributed by atoms with Gasteiger partial charge in [-0.15, -0.1) is 22.7 Å². The number of aromatic hydroxyl groups is 1. The number of fused-ring (bicyclic) bond motifs is 4. The molecule has 210 valence electrons. The molecule has 1 N–H and O–H groups in total. The number of nitrogens with zero attached hydrogens (tertiary/aromatic N) is 2. The van der Waals surface area contributed by atoms with Gasteiger partial charge in [0, 0.05) is 27.3 Å². The Morgan fingerprint density at radius 1 is 0.829 bits per heavy atom. The summed E-state index contributed by atoms with van der Waals surface area (Å²) in [6.45, 7) is 0.460. The van der Waals surface area contributed by atoms with E-state index in [2.05, 4.69) is 0 Å². The summed E-state index contributed by atoms with van der Waals surface area (Å²) in [6, 6.07) is 12.4. The molecule has 1 saturated carbocycles. The minimum absolute atomic E-state index is 0.0288. The Labute approximate surface area is 244 Å². The lowest BCUT2D eigenvalue weighted by Gasteiger charge is -2.44. The largest absolute Gasteiger partial charge is 0.508 e. The second kappa shape index (κ2) is 9.95. The van der Waals surface area contributed by atoms with Gasteiger partial charge in [-0.3, -0.25) is 29.0 Å². The fourth-order valence-corrected chi connectivity index (χ4v) is 8.84. The van der Waals surface area contributed by atoms with Gasteiger partial charge in [0.15, 0.2) is 0 Å². The maximum absolute atomic E-state index is 14.0. The molecular weight excluding hydrogens is 560 g/mol. The third-order valence-corrected chi connectivity index (χ3v) is 10.9. The summed E-state index contributed by atoms with van der Waals surface area (Å²) in [4.78, 5) is 60.0. The summed E-state index contributed by atoms with van der Waals surface area (Å²) in [7, 11) is 1.51. The van der Waals surface area contributed by atoms with Crippen molar-refractivity contribution < 1.29 is 29.0 Å². The van der Waals surface area contributed by atoms with Crippen LogP contribution in [0.3, 0.4) is 0 Å². The molecule has 3 fully saturated rings. The average molecular weight is 589 g/mol. The Morgan fingerprint density at radius 3 is 2.07 bits per heavy atom. The number of benzene rings is 1. The van der Waals surface area contributed by atoms with Gasteiger partial charge in [-0.2, -0.15) is 0 Å². The molecule has 7 rings (SSSR count). The second-order valence-corrected chi connectivity index (χ2v) is 13.2. The number of phenols is 1. The van der Waals surface area contributed by atoms with E-state index in [0.29, 0.717) is 24.2 Å². The number of imide groups is 2. The molecule has 2 aromatic heterocycles. The third kappa shape index (κ3) is 4.06. The van der Waals surface area contributed by atoms with E-state index in [-0.39, 0.29) is 48.4 Å². The van der Waals surface area contributed by atoms with E-state index >= 15 is 0 Å². The predicted molar refractivity (Wildman–Crippen MR) is 152 cm³/mol. The van der Waals surface area contributed by atoms with Gasteiger partial charge in [-0.1, -0.05) is 29.8 Å². The van der Waals surface area contributed by atoms with Crippen LogP contribution >= 0.6 is 22.7 Å². The number of carbonyl (C=O) groups excluding carboxylic acids is 4. The molecule has 4 heterocycles. The van der Waals surface area contributed by atoms with Gasteiger partial charge >= 0.3 is 0 Å². The van der Waals surface area contributed by atoms with Gasteiger partial charge in [0.25, 0.3) is 0 Å². The van der Waals surface area contributed by atoms with Gasteiger partial charge in [-0.05, 0) is 47.7 Å². The Morgan fingerprint density at radius 2 is 1.46 bits per heavy atom. The van der Waals surface area contributed by atoms with Crippen molar-refractivity contribution in [3.63, 3.8) is 0 Å². The van der Waals surface area contributed by atoms with Crippen molar-refractivity contribution in [2.24, 2.45) is 29.6 Å². The molecule has 10 heteroatoms. The monoisotopic (exact) mass is 588 g/mol. The number of thiophene rings is 2. The minimum atomic E-state index is -0.658. The molecule has 2 saturated heterocycles. The molecule has 4 aliphatic rings. The van der Waals surface area contributed by atoms with Crippen LogP contribution in [-0.2, 0) is 32.3 Å². The molecule has 0 bridgehead atoms. The highest BCUT2D eigenvalue weighted by Gasteiger charge is 2.62. The lowest BCUT2D eigenvalue weighted by molar-refractivity contribution is -0.142. The molecule has 2 aliphatic heterocycles. The van der Waals surface area contributed by atoms with Crippen molar-refractivity contribution in [1.29, 1.82) is 0 Å². The fraction of sp³-hybridized carbons (Fsp3) is 0.355. The number of phenolic OH excluding ortho intramolecular Hbond substituents is 1. The fourth-order valence-electron chi connectivity index (χ4n) is 7.45. The lowest BCUT2D eigenvalue weighted by atomic mass is 9.57. The van der Waals surface area contributed by atoms with E-state index in [1.165, 1.54) is 45.6 Å². The van der Waals surface area contributed by atoms with Gasteiger partial charge in [0.1, 0.15) is 11.5 Å². The number of methoxy groups -OCH3 is 1. The van der Waals surface area contributed by atoms with Crippen LogP contribution in [0.15, 0.2) is 64.9 Å². The zero-order chi connectivity index (χ0) is 28.4. The van der Waals surface area contributed by atoms with Crippen LogP contribution in [0.2, 0.25) is 0 Å². The Bertz CT molecular complexity index is 1580. The van der Waals surface area contributed by atoms with E-state index in [1.54, 1.807) is 12.1 Å². The van der Waals surface area contributed by atoms with Crippen molar-refractivity contribution in [2.45, 2.75) is 31.8 Å². The van der Waals surface area contributed by atoms with Crippen molar-refractivity contribution in [3.05, 3.63) is 80.2 Å². The van der Waals surface area contributed by atoms with Crippen LogP contribution in [0.5, 0.6) is 11.5 Å². The number of likely N-dealkylation sites (tertiary alicyclic amines) is 2. The topological polar surface area (TPSA) is 104 Å². The highest BCUT2D eigenvalue weighted by Crippen LogP contribution is 2.59. The smallest absolute Gasteiger partial charge is 0.234 e. The van der Waals surface area contributed by atoms with Crippen LogP contribution < -0.4 is 4.74 Å². The molecule has 4 amide bonds. The highest BCUT2D eigenvalue weighted by atomic mass is 32.1. The minimum Gasteiger partial charge on any atom is -0.508 e. The molecular formula is C31H28N2O6S2. The molecule has 6 atom stereocenters. The van der Waals surface area contributed by atoms with Crippen LogP contribution in [0.4, 0.5) is 0 Å². The molecule has 1 aromatic carbocycles. The van der Waals surface area contributed by atoms with E-state index in [9.17, 15) is 24.3 Å².